The Morgan fingerprint density at radius 2 is 1.91 bits per heavy atom. The van der Waals surface area contributed by atoms with E-state index in [0.29, 0.717) is 5.02 Å². The number of thioether (sulfide) groups is 1. The molecule has 3 aromatic rings. The number of fused-ring (bicyclic) bond motifs is 1. The fourth-order valence-electron chi connectivity index (χ4n) is 1.97. The van der Waals surface area contributed by atoms with E-state index in [1.807, 2.05) is 24.3 Å². The number of halogens is 1. The lowest BCUT2D eigenvalue weighted by molar-refractivity contribution is -0.113. The third-order valence-corrected chi connectivity index (χ3v) is 4.24. The largest absolute Gasteiger partial charge is 0.325 e. The van der Waals surface area contributed by atoms with Crippen LogP contribution in [0.4, 0.5) is 5.69 Å². The Labute approximate surface area is 136 Å². The van der Waals surface area contributed by atoms with Gasteiger partial charge < -0.3 is 5.32 Å². The predicted molar refractivity (Wildman–Crippen MR) is 90.3 cm³/mol. The van der Waals surface area contributed by atoms with Crippen LogP contribution in [0.15, 0.2) is 59.8 Å². The van der Waals surface area contributed by atoms with Crippen molar-refractivity contribution in [2.24, 2.45) is 0 Å². The van der Waals surface area contributed by atoms with Crippen molar-refractivity contribution in [3.05, 3.63) is 59.8 Å². The second-order valence-corrected chi connectivity index (χ2v) is 5.98. The molecular weight excluding hydrogens is 318 g/mol. The number of carbonyl (C=O) groups is 1. The van der Waals surface area contributed by atoms with Crippen molar-refractivity contribution >= 4 is 45.7 Å². The first-order chi connectivity index (χ1) is 10.7. The summed E-state index contributed by atoms with van der Waals surface area (Å²) in [6.07, 6.45) is 1.72. The summed E-state index contributed by atoms with van der Waals surface area (Å²) >= 11 is 7.18. The molecule has 1 amide bonds. The number of carbonyl (C=O) groups excluding carboxylic acids is 1. The van der Waals surface area contributed by atoms with E-state index in [9.17, 15) is 4.79 Å². The average molecular weight is 330 g/mol. The number of hydrogen-bond donors (Lipinski definition) is 1. The summed E-state index contributed by atoms with van der Waals surface area (Å²) in [5.74, 6) is 0.174. The fourth-order valence-corrected chi connectivity index (χ4v) is 2.88. The van der Waals surface area contributed by atoms with Crippen LogP contribution in [0.1, 0.15) is 0 Å². The highest BCUT2D eigenvalue weighted by molar-refractivity contribution is 8.00. The number of benzene rings is 2. The van der Waals surface area contributed by atoms with Gasteiger partial charge in [-0.05, 0) is 24.3 Å². The van der Waals surface area contributed by atoms with Gasteiger partial charge in [0.05, 0.1) is 11.9 Å². The van der Waals surface area contributed by atoms with Crippen LogP contribution in [0.3, 0.4) is 0 Å². The van der Waals surface area contributed by atoms with Gasteiger partial charge in [-0.15, -0.1) is 5.10 Å². The Kier molecular flexibility index (Phi) is 4.56. The normalized spacial score (nSPS) is 10.6. The highest BCUT2D eigenvalue weighted by Crippen LogP contribution is 2.24. The third kappa shape index (κ3) is 3.55. The molecule has 1 aromatic heterocycles. The van der Waals surface area contributed by atoms with Gasteiger partial charge in [0.2, 0.25) is 5.91 Å². The van der Waals surface area contributed by atoms with Crippen LogP contribution in [0.2, 0.25) is 5.02 Å². The topological polar surface area (TPSA) is 54.9 Å². The van der Waals surface area contributed by atoms with Gasteiger partial charge in [-0.2, -0.15) is 5.10 Å². The van der Waals surface area contributed by atoms with E-state index in [2.05, 4.69) is 15.5 Å². The number of hydrogen-bond acceptors (Lipinski definition) is 4. The Bertz CT molecular complexity index is 803. The predicted octanol–water partition coefficient (Wildman–Crippen LogP) is 4.01. The van der Waals surface area contributed by atoms with Crippen molar-refractivity contribution in [2.75, 3.05) is 11.1 Å². The quantitative estimate of drug-likeness (QED) is 0.735. The third-order valence-electron chi connectivity index (χ3n) is 3.00. The van der Waals surface area contributed by atoms with Crippen LogP contribution in [0, 0.1) is 0 Å². The smallest absolute Gasteiger partial charge is 0.234 e. The summed E-state index contributed by atoms with van der Waals surface area (Å²) < 4.78 is 0. The Morgan fingerprint density at radius 1 is 1.14 bits per heavy atom. The van der Waals surface area contributed by atoms with Gasteiger partial charge in [0.1, 0.15) is 5.03 Å². The van der Waals surface area contributed by atoms with Crippen molar-refractivity contribution in [3.63, 3.8) is 0 Å². The molecule has 0 aliphatic heterocycles. The molecule has 0 aliphatic rings. The standard InChI is InChI=1S/C16H12ClN3OS/c17-12-5-7-13(8-6-12)19-15(21)10-22-16-14-4-2-1-3-11(14)9-18-20-16/h1-9H,10H2,(H,19,21). The monoisotopic (exact) mass is 329 g/mol. The SMILES string of the molecule is O=C(CSc1nncc2ccccc12)Nc1ccc(Cl)cc1. The maximum atomic E-state index is 12.0. The molecule has 0 radical (unpaired) electrons. The van der Waals surface area contributed by atoms with E-state index in [4.69, 9.17) is 11.6 Å². The van der Waals surface area contributed by atoms with Crippen LogP contribution < -0.4 is 5.32 Å². The van der Waals surface area contributed by atoms with E-state index in [0.717, 1.165) is 21.5 Å². The summed E-state index contributed by atoms with van der Waals surface area (Å²) in [6, 6.07) is 14.9. The lowest BCUT2D eigenvalue weighted by Crippen LogP contribution is -2.14. The number of aromatic nitrogens is 2. The van der Waals surface area contributed by atoms with E-state index in [1.54, 1.807) is 30.5 Å². The van der Waals surface area contributed by atoms with Gasteiger partial charge in [0.15, 0.2) is 0 Å². The van der Waals surface area contributed by atoms with Crippen molar-refractivity contribution in [1.82, 2.24) is 10.2 Å². The first kappa shape index (κ1) is 14.8. The zero-order chi connectivity index (χ0) is 15.4. The Balaban J connectivity index is 1.66. The van der Waals surface area contributed by atoms with Crippen molar-refractivity contribution in [2.45, 2.75) is 5.03 Å². The van der Waals surface area contributed by atoms with E-state index in [-0.39, 0.29) is 11.7 Å². The zero-order valence-corrected chi connectivity index (χ0v) is 13.1. The fraction of sp³-hybridized carbons (Fsp3) is 0.0625. The summed E-state index contributed by atoms with van der Waals surface area (Å²) in [7, 11) is 0. The second-order valence-electron chi connectivity index (χ2n) is 4.58. The summed E-state index contributed by atoms with van der Waals surface area (Å²) in [5, 5.41) is 14.3. The van der Waals surface area contributed by atoms with Crippen molar-refractivity contribution in [3.8, 4) is 0 Å². The van der Waals surface area contributed by atoms with Gasteiger partial charge >= 0.3 is 0 Å². The van der Waals surface area contributed by atoms with E-state index < -0.39 is 0 Å². The highest BCUT2D eigenvalue weighted by atomic mass is 35.5. The van der Waals surface area contributed by atoms with Crippen LogP contribution in [0.5, 0.6) is 0 Å². The van der Waals surface area contributed by atoms with Gasteiger partial charge in [-0.1, -0.05) is 47.6 Å². The summed E-state index contributed by atoms with van der Waals surface area (Å²) in [6.45, 7) is 0. The molecule has 110 valence electrons. The minimum atomic E-state index is -0.0953. The molecule has 22 heavy (non-hydrogen) atoms. The minimum absolute atomic E-state index is 0.0953. The summed E-state index contributed by atoms with van der Waals surface area (Å²) in [5.41, 5.74) is 0.721. The van der Waals surface area contributed by atoms with Crippen LogP contribution in [0.25, 0.3) is 10.8 Å². The molecule has 0 atom stereocenters. The molecule has 3 rings (SSSR count). The lowest BCUT2D eigenvalue weighted by Gasteiger charge is -2.06. The number of amides is 1. The minimum Gasteiger partial charge on any atom is -0.325 e. The average Bonchev–Trinajstić information content (AvgIpc) is 2.55. The molecular formula is C16H12ClN3OS. The van der Waals surface area contributed by atoms with Gasteiger partial charge in [-0.3, -0.25) is 4.79 Å². The van der Waals surface area contributed by atoms with E-state index >= 15 is 0 Å². The molecule has 1 N–H and O–H groups in total. The van der Waals surface area contributed by atoms with Crippen LogP contribution in [-0.2, 0) is 4.79 Å². The zero-order valence-electron chi connectivity index (χ0n) is 11.5. The van der Waals surface area contributed by atoms with Crippen LogP contribution >= 0.6 is 23.4 Å². The molecule has 0 spiro atoms. The number of anilines is 1. The van der Waals surface area contributed by atoms with Gasteiger partial charge in [0.25, 0.3) is 0 Å². The number of rotatable bonds is 4. The van der Waals surface area contributed by atoms with E-state index in [1.165, 1.54) is 11.8 Å². The number of nitrogens with zero attached hydrogens (tertiary/aromatic N) is 2. The number of nitrogens with one attached hydrogen (secondary N) is 1. The Morgan fingerprint density at radius 3 is 2.73 bits per heavy atom. The van der Waals surface area contributed by atoms with Gasteiger partial charge in [-0.25, -0.2) is 0 Å². The molecule has 2 aromatic carbocycles. The molecule has 4 nitrogen and oxygen atoms in total. The lowest BCUT2D eigenvalue weighted by atomic mass is 10.2. The van der Waals surface area contributed by atoms with Crippen molar-refractivity contribution in [1.29, 1.82) is 0 Å². The van der Waals surface area contributed by atoms with Crippen LogP contribution in [-0.4, -0.2) is 21.9 Å². The maximum Gasteiger partial charge on any atom is 0.234 e. The molecule has 0 fully saturated rings. The molecule has 0 saturated heterocycles. The van der Waals surface area contributed by atoms with Gasteiger partial charge in [0, 0.05) is 21.5 Å². The molecule has 0 aliphatic carbocycles. The maximum absolute atomic E-state index is 12.0. The summed E-state index contributed by atoms with van der Waals surface area (Å²) in [4.78, 5) is 12.0. The first-order valence-corrected chi connectivity index (χ1v) is 7.97. The molecule has 0 saturated carbocycles. The molecule has 6 heteroatoms. The van der Waals surface area contributed by atoms with Crippen molar-refractivity contribution < 1.29 is 4.79 Å². The molecule has 0 bridgehead atoms. The molecule has 1 heterocycles. The first-order valence-electron chi connectivity index (χ1n) is 6.61. The second kappa shape index (κ2) is 6.77. The highest BCUT2D eigenvalue weighted by Gasteiger charge is 2.08. The molecule has 0 unspecified atom stereocenters. The Hall–Kier alpha value is -2.11.